The van der Waals surface area contributed by atoms with Crippen LogP contribution in [-0.4, -0.2) is 21.2 Å². The van der Waals surface area contributed by atoms with Gasteiger partial charge in [0, 0.05) is 69.7 Å². The lowest BCUT2D eigenvalue weighted by Gasteiger charge is -2.45. The molecular formula is C68H66BN5. The van der Waals surface area contributed by atoms with Gasteiger partial charge in [-0.2, -0.15) is 0 Å². The summed E-state index contributed by atoms with van der Waals surface area (Å²) in [6.45, 7) is 27.6. The van der Waals surface area contributed by atoms with E-state index in [9.17, 15) is 0 Å². The molecule has 0 radical (unpaired) electrons. The van der Waals surface area contributed by atoms with Crippen LogP contribution in [0, 0.1) is 0 Å². The van der Waals surface area contributed by atoms with Crippen molar-refractivity contribution in [2.75, 3.05) is 9.80 Å². The maximum Gasteiger partial charge on any atom is 0.252 e. The molecule has 0 saturated heterocycles. The number of anilines is 6. The van der Waals surface area contributed by atoms with Gasteiger partial charge in [0.05, 0.1) is 16.7 Å². The van der Waals surface area contributed by atoms with Crippen molar-refractivity contribution in [3.05, 3.63) is 205 Å². The molecule has 0 fully saturated rings. The smallest absolute Gasteiger partial charge is 0.252 e. The fourth-order valence-electron chi connectivity index (χ4n) is 11.6. The van der Waals surface area contributed by atoms with Gasteiger partial charge < -0.3 is 14.4 Å². The third-order valence-corrected chi connectivity index (χ3v) is 15.8. The summed E-state index contributed by atoms with van der Waals surface area (Å²) in [5.41, 5.74) is 24.0. The number of fused-ring (bicyclic) bond motifs is 7. The molecule has 7 aromatic carbocycles. The summed E-state index contributed by atoms with van der Waals surface area (Å²) in [5, 5.41) is 2.51. The van der Waals surface area contributed by atoms with E-state index in [-0.39, 0.29) is 28.4 Å². The second kappa shape index (κ2) is 16.9. The van der Waals surface area contributed by atoms with Crippen LogP contribution >= 0.6 is 0 Å². The lowest BCUT2D eigenvalue weighted by atomic mass is 9.33. The Kier molecular flexibility index (Phi) is 10.8. The molecule has 0 unspecified atom stereocenters. The second-order valence-electron chi connectivity index (χ2n) is 24.9. The van der Waals surface area contributed by atoms with E-state index in [1.54, 1.807) is 0 Å². The fraction of sp³-hybridized carbons (Fsp3) is 0.235. The van der Waals surface area contributed by atoms with Crippen LogP contribution < -0.4 is 26.2 Å². The molecule has 0 atom stereocenters. The monoisotopic (exact) mass is 964 g/mol. The van der Waals surface area contributed by atoms with E-state index in [0.717, 1.165) is 39.3 Å². The van der Waals surface area contributed by atoms with Gasteiger partial charge in [-0.15, -0.1) is 0 Å². The molecular weight excluding hydrogens is 898 g/mol. The number of pyridine rings is 2. The highest BCUT2D eigenvalue weighted by Gasteiger charge is 2.44. The summed E-state index contributed by atoms with van der Waals surface area (Å²) < 4.78 is 2.58. The lowest BCUT2D eigenvalue weighted by Crippen LogP contribution is -2.61. The summed E-state index contributed by atoms with van der Waals surface area (Å²) in [4.78, 5) is 14.0. The van der Waals surface area contributed by atoms with Gasteiger partial charge in [0.1, 0.15) is 0 Å². The quantitative estimate of drug-likeness (QED) is 0.161. The van der Waals surface area contributed by atoms with Crippen LogP contribution in [0.15, 0.2) is 183 Å². The summed E-state index contributed by atoms with van der Waals surface area (Å²) in [6.07, 6.45) is 7.60. The minimum atomic E-state index is -0.115. The highest BCUT2D eigenvalue weighted by Crippen LogP contribution is 2.48. The molecule has 2 aliphatic rings. The van der Waals surface area contributed by atoms with Crippen molar-refractivity contribution in [1.82, 2.24) is 14.5 Å². The SMILES string of the molecule is CC(C)(C)c1ccc(N2c3ccc(-c4ccncc4)cc3B3c4cc(-c5ccncc5)ccc4N(c4ccc(C(C)(C)C)cc4)c4cc(-n5c6cc(C(C)(C)C)ccc6c6ccc(C(C)(C)C)cc65)cc2c43)cc1. The molecule has 0 amide bonds. The van der Waals surface area contributed by atoms with E-state index in [1.807, 2.05) is 24.8 Å². The number of hydrogen-bond donors (Lipinski definition) is 0. The van der Waals surface area contributed by atoms with Crippen molar-refractivity contribution < 1.29 is 0 Å². The first-order valence-corrected chi connectivity index (χ1v) is 26.4. The van der Waals surface area contributed by atoms with Crippen LogP contribution in [0.25, 0.3) is 49.7 Å². The Bertz CT molecular complexity index is 3560. The number of aromatic nitrogens is 3. The molecule has 74 heavy (non-hydrogen) atoms. The van der Waals surface area contributed by atoms with E-state index in [0.29, 0.717) is 0 Å². The normalized spacial score (nSPS) is 13.6. The van der Waals surface area contributed by atoms with Crippen LogP contribution in [0.2, 0.25) is 0 Å². The Balaban J connectivity index is 1.24. The average Bonchev–Trinajstić information content (AvgIpc) is 3.71. The first-order valence-electron chi connectivity index (χ1n) is 26.4. The molecule has 3 aromatic heterocycles. The van der Waals surface area contributed by atoms with Crippen molar-refractivity contribution in [2.24, 2.45) is 0 Å². The predicted molar refractivity (Wildman–Crippen MR) is 316 cm³/mol. The maximum absolute atomic E-state index is 4.42. The third-order valence-electron chi connectivity index (χ3n) is 15.8. The van der Waals surface area contributed by atoms with E-state index < -0.39 is 0 Å². The van der Waals surface area contributed by atoms with E-state index in [2.05, 4.69) is 265 Å². The summed E-state index contributed by atoms with van der Waals surface area (Å²) in [5.74, 6) is 0. The first-order chi connectivity index (χ1) is 35.2. The zero-order chi connectivity index (χ0) is 51.6. The molecule has 0 aliphatic carbocycles. The highest BCUT2D eigenvalue weighted by molar-refractivity contribution is 7.00. The zero-order valence-corrected chi connectivity index (χ0v) is 45.1. The fourth-order valence-corrected chi connectivity index (χ4v) is 11.6. The van der Waals surface area contributed by atoms with Gasteiger partial charge in [0.25, 0.3) is 6.71 Å². The Hall–Kier alpha value is -7.70. The van der Waals surface area contributed by atoms with Crippen molar-refractivity contribution in [2.45, 2.75) is 105 Å². The molecule has 0 bridgehead atoms. The molecule has 12 rings (SSSR count). The standard InChI is InChI=1S/C68H66BN5/c1-65(2,3)47-15-21-51(22-16-47)72-58-27-13-45(43-29-33-70-34-30-43)37-56(58)69-57-38-46(44-31-35-71-36-32-44)14-28-59(57)73(52-23-17-48(18-24-52)66(4,5)6)63-42-53(41-62(72)64(63)69)74-60-39-49(67(7,8)9)19-25-54(60)55-26-20-50(40-61(55)74)68(10,11)12/h13-42H,1-12H3. The number of rotatable bonds is 5. The number of nitrogens with zero attached hydrogens (tertiary/aromatic N) is 5. The van der Waals surface area contributed by atoms with Gasteiger partial charge in [-0.05, 0) is 167 Å². The predicted octanol–water partition coefficient (Wildman–Crippen LogP) is 16.2. The minimum absolute atomic E-state index is 0.00439. The van der Waals surface area contributed by atoms with Crippen LogP contribution in [0.1, 0.15) is 105 Å². The molecule has 10 aromatic rings. The molecule has 5 heterocycles. The van der Waals surface area contributed by atoms with Crippen molar-refractivity contribution in [3.8, 4) is 27.9 Å². The van der Waals surface area contributed by atoms with E-state index in [4.69, 9.17) is 0 Å². The first kappa shape index (κ1) is 47.3. The van der Waals surface area contributed by atoms with Crippen LogP contribution in [0.3, 0.4) is 0 Å². The lowest BCUT2D eigenvalue weighted by molar-refractivity contribution is 0.590. The number of hydrogen-bond acceptors (Lipinski definition) is 4. The molecule has 2 aliphatic heterocycles. The summed E-state index contributed by atoms with van der Waals surface area (Å²) in [7, 11) is 0. The van der Waals surface area contributed by atoms with E-state index >= 15 is 0 Å². The van der Waals surface area contributed by atoms with E-state index in [1.165, 1.54) is 83.2 Å². The topological polar surface area (TPSA) is 37.2 Å². The van der Waals surface area contributed by atoms with Crippen LogP contribution in [0.4, 0.5) is 34.1 Å². The minimum Gasteiger partial charge on any atom is -0.311 e. The van der Waals surface area contributed by atoms with Gasteiger partial charge in [-0.3, -0.25) is 9.97 Å². The maximum atomic E-state index is 4.42. The zero-order valence-electron chi connectivity index (χ0n) is 45.1. The average molecular weight is 964 g/mol. The Morgan fingerprint density at radius 1 is 0.324 bits per heavy atom. The Labute approximate surface area is 438 Å². The van der Waals surface area contributed by atoms with Crippen molar-refractivity contribution >= 4 is 79.0 Å². The third kappa shape index (κ3) is 7.93. The molecule has 0 spiro atoms. The van der Waals surface area contributed by atoms with Crippen LogP contribution in [-0.2, 0) is 21.7 Å². The molecule has 0 N–H and O–H groups in total. The van der Waals surface area contributed by atoms with Crippen LogP contribution in [0.5, 0.6) is 0 Å². The Morgan fingerprint density at radius 2 is 0.689 bits per heavy atom. The van der Waals surface area contributed by atoms with Gasteiger partial charge >= 0.3 is 0 Å². The second-order valence-corrected chi connectivity index (χ2v) is 24.9. The molecule has 5 nitrogen and oxygen atoms in total. The molecule has 6 heteroatoms. The van der Waals surface area contributed by atoms with Gasteiger partial charge in [0.2, 0.25) is 0 Å². The summed E-state index contributed by atoms with van der Waals surface area (Å²) in [6, 6.07) is 60.8. The molecule has 366 valence electrons. The van der Waals surface area contributed by atoms with Crippen molar-refractivity contribution in [1.29, 1.82) is 0 Å². The Morgan fingerprint density at radius 3 is 1.05 bits per heavy atom. The highest BCUT2D eigenvalue weighted by atomic mass is 15.2. The summed E-state index contributed by atoms with van der Waals surface area (Å²) >= 11 is 0. The van der Waals surface area contributed by atoms with Crippen molar-refractivity contribution in [3.63, 3.8) is 0 Å². The number of benzene rings is 7. The molecule has 0 saturated carbocycles. The van der Waals surface area contributed by atoms with Gasteiger partial charge in [0.15, 0.2) is 0 Å². The van der Waals surface area contributed by atoms with Gasteiger partial charge in [-0.1, -0.05) is 156 Å². The van der Waals surface area contributed by atoms with Gasteiger partial charge in [-0.25, -0.2) is 0 Å². The largest absolute Gasteiger partial charge is 0.311 e.